The molecule has 7 nitrogen and oxygen atoms in total. The highest BCUT2D eigenvalue weighted by molar-refractivity contribution is 5.60. The summed E-state index contributed by atoms with van der Waals surface area (Å²) in [5, 5.41) is 16.7. The van der Waals surface area contributed by atoms with Crippen LogP contribution in [0, 0.1) is 11.3 Å². The van der Waals surface area contributed by atoms with E-state index in [2.05, 4.69) is 28.7 Å². The molecule has 0 radical (unpaired) electrons. The largest absolute Gasteiger partial charge is 0.466 e. The van der Waals surface area contributed by atoms with Crippen molar-refractivity contribution in [3.8, 4) is 6.07 Å². The van der Waals surface area contributed by atoms with E-state index < -0.39 is 0 Å². The predicted octanol–water partition coefficient (Wildman–Crippen LogP) is 0.739. The number of nitriles is 1. The summed E-state index contributed by atoms with van der Waals surface area (Å²) in [6, 6.07) is 6.20. The fourth-order valence-corrected chi connectivity index (χ4v) is 3.93. The van der Waals surface area contributed by atoms with Crippen LogP contribution in [0.15, 0.2) is 22.8 Å². The molecule has 4 rings (SSSR count). The lowest BCUT2D eigenvalue weighted by Crippen LogP contribution is -3.08. The molecule has 0 saturated carbocycles. The molecule has 27 heavy (non-hydrogen) atoms. The summed E-state index contributed by atoms with van der Waals surface area (Å²) in [6.07, 6.45) is 5.05. The number of H-pyrrole nitrogens is 1. The van der Waals surface area contributed by atoms with Gasteiger partial charge in [0, 0.05) is 13.0 Å². The van der Waals surface area contributed by atoms with Crippen molar-refractivity contribution in [1.82, 2.24) is 0 Å². The lowest BCUT2D eigenvalue weighted by molar-refractivity contribution is -0.895. The number of anilines is 2. The number of aromatic amines is 1. The van der Waals surface area contributed by atoms with Gasteiger partial charge < -0.3 is 19.4 Å². The first kappa shape index (κ1) is 17.8. The molecule has 142 valence electrons. The Morgan fingerprint density at radius 2 is 2.26 bits per heavy atom. The van der Waals surface area contributed by atoms with Crippen LogP contribution in [0.4, 0.5) is 11.6 Å². The number of ether oxygens (including phenoxy) is 1. The molecule has 2 aromatic rings. The molecule has 2 aromatic heterocycles. The van der Waals surface area contributed by atoms with Crippen LogP contribution in [0.1, 0.15) is 35.3 Å². The van der Waals surface area contributed by atoms with E-state index in [0.717, 1.165) is 68.5 Å². The minimum atomic E-state index is 0.262. The molecule has 1 unspecified atom stereocenters. The van der Waals surface area contributed by atoms with Crippen LogP contribution in [0.5, 0.6) is 0 Å². The second-order valence-corrected chi connectivity index (χ2v) is 7.40. The van der Waals surface area contributed by atoms with Gasteiger partial charge in [-0.3, -0.25) is 5.32 Å². The Morgan fingerprint density at radius 1 is 1.33 bits per heavy atom. The average molecular weight is 369 g/mol. The van der Waals surface area contributed by atoms with Gasteiger partial charge in [-0.05, 0) is 30.5 Å². The van der Waals surface area contributed by atoms with E-state index >= 15 is 0 Å². The highest BCUT2D eigenvalue weighted by Crippen LogP contribution is 2.26. The van der Waals surface area contributed by atoms with Gasteiger partial charge in [0.1, 0.15) is 30.5 Å². The van der Waals surface area contributed by atoms with E-state index in [1.807, 2.05) is 12.1 Å². The monoisotopic (exact) mass is 369 g/mol. The summed E-state index contributed by atoms with van der Waals surface area (Å²) in [4.78, 5) is 4.90. The number of quaternary nitrogens is 1. The number of fused-ring (bicyclic) bond motifs is 1. The Kier molecular flexibility index (Phi) is 5.28. The molecule has 2 aliphatic rings. The SMILES string of the molecule is C[NH+]1CCc2c(C#N)c(NCc3ccco3)[nH+]c(NC[C@H]3CCCO3)c2C1. The number of likely N-dealkylation sites (N-methyl/N-ethyl adjacent to an activating group) is 1. The van der Waals surface area contributed by atoms with Gasteiger partial charge in [-0.1, -0.05) is 0 Å². The third-order valence-corrected chi connectivity index (χ3v) is 5.41. The van der Waals surface area contributed by atoms with Crippen LogP contribution < -0.4 is 20.5 Å². The molecule has 0 spiro atoms. The van der Waals surface area contributed by atoms with Crippen LogP contribution in [0.25, 0.3) is 0 Å². The summed E-state index contributed by atoms with van der Waals surface area (Å²) >= 11 is 0. The van der Waals surface area contributed by atoms with E-state index in [-0.39, 0.29) is 6.10 Å². The minimum absolute atomic E-state index is 0.262. The topological polar surface area (TPSA) is 88.8 Å². The highest BCUT2D eigenvalue weighted by Gasteiger charge is 2.29. The van der Waals surface area contributed by atoms with Gasteiger partial charge in [-0.15, -0.1) is 0 Å². The molecule has 4 heterocycles. The molecule has 1 saturated heterocycles. The molecular formula is C20H27N5O2+2. The normalized spacial score (nSPS) is 21.5. The summed E-state index contributed by atoms with van der Waals surface area (Å²) in [6.45, 7) is 4.12. The standard InChI is InChI=1S/C20H25N5O2/c1-25-7-6-16-17(10-21)19(22-11-14-4-2-8-26-14)24-20(18(16)13-25)23-12-15-5-3-9-27-15/h2,4,8,15H,3,5-7,9,11-13H2,1H3,(H2,22,23,24)/p+2/t15-/m1/s1. The molecule has 7 heteroatoms. The van der Waals surface area contributed by atoms with E-state index in [0.29, 0.717) is 12.1 Å². The number of nitrogens with zero attached hydrogens (tertiary/aromatic N) is 1. The fraction of sp³-hybridized carbons (Fsp3) is 0.500. The van der Waals surface area contributed by atoms with Crippen molar-refractivity contribution in [2.45, 2.75) is 38.5 Å². The molecule has 0 bridgehead atoms. The molecular weight excluding hydrogens is 342 g/mol. The number of aromatic nitrogens is 1. The third-order valence-electron chi connectivity index (χ3n) is 5.41. The van der Waals surface area contributed by atoms with Crippen LogP contribution in [0.2, 0.25) is 0 Å². The van der Waals surface area contributed by atoms with Crippen molar-refractivity contribution < 1.29 is 19.0 Å². The summed E-state index contributed by atoms with van der Waals surface area (Å²) in [7, 11) is 2.20. The lowest BCUT2D eigenvalue weighted by Gasteiger charge is -2.24. The molecule has 2 aliphatic heterocycles. The fourth-order valence-electron chi connectivity index (χ4n) is 3.93. The van der Waals surface area contributed by atoms with Gasteiger partial charge in [0.25, 0.3) is 0 Å². The van der Waals surface area contributed by atoms with Crippen molar-refractivity contribution in [3.63, 3.8) is 0 Å². The first-order valence-corrected chi connectivity index (χ1v) is 9.68. The quantitative estimate of drug-likeness (QED) is 0.699. The third kappa shape index (κ3) is 3.92. The first-order valence-electron chi connectivity index (χ1n) is 9.68. The van der Waals surface area contributed by atoms with E-state index in [4.69, 9.17) is 9.15 Å². The maximum Gasteiger partial charge on any atom is 0.238 e. The Labute approximate surface area is 159 Å². The van der Waals surface area contributed by atoms with Gasteiger partial charge in [0.15, 0.2) is 0 Å². The molecule has 4 N–H and O–H groups in total. The van der Waals surface area contributed by atoms with Crippen molar-refractivity contribution in [1.29, 1.82) is 5.26 Å². The van der Waals surface area contributed by atoms with E-state index in [9.17, 15) is 5.26 Å². The number of rotatable bonds is 6. The maximum atomic E-state index is 9.81. The molecule has 0 aliphatic carbocycles. The van der Waals surface area contributed by atoms with Crippen molar-refractivity contribution in [2.75, 3.05) is 37.4 Å². The molecule has 2 atom stereocenters. The summed E-state index contributed by atoms with van der Waals surface area (Å²) < 4.78 is 11.2. The van der Waals surface area contributed by atoms with Crippen molar-refractivity contribution in [2.24, 2.45) is 0 Å². The highest BCUT2D eigenvalue weighted by atomic mass is 16.5. The van der Waals surface area contributed by atoms with Crippen LogP contribution in [-0.4, -0.2) is 32.8 Å². The van der Waals surface area contributed by atoms with E-state index in [1.165, 1.54) is 10.5 Å². The van der Waals surface area contributed by atoms with E-state index in [1.54, 1.807) is 6.26 Å². The second kappa shape index (κ2) is 7.99. The number of hydrogen-bond donors (Lipinski definition) is 3. The smallest absolute Gasteiger partial charge is 0.238 e. The Hall–Kier alpha value is -2.56. The van der Waals surface area contributed by atoms with Gasteiger partial charge in [0.05, 0.1) is 38.1 Å². The molecule has 1 fully saturated rings. The van der Waals surface area contributed by atoms with Crippen LogP contribution >= 0.6 is 0 Å². The van der Waals surface area contributed by atoms with Gasteiger partial charge in [-0.2, -0.15) is 5.26 Å². The number of nitrogens with one attached hydrogen (secondary N) is 4. The Bertz CT molecular complexity index is 822. The minimum Gasteiger partial charge on any atom is -0.466 e. The first-order chi connectivity index (χ1) is 13.2. The number of hydrogen-bond acceptors (Lipinski definition) is 5. The Balaban J connectivity index is 1.62. The van der Waals surface area contributed by atoms with Gasteiger partial charge in [-0.25, -0.2) is 4.98 Å². The van der Waals surface area contributed by atoms with Gasteiger partial charge >= 0.3 is 0 Å². The molecule has 0 amide bonds. The molecule has 0 aromatic carbocycles. The predicted molar refractivity (Wildman–Crippen MR) is 100 cm³/mol. The van der Waals surface area contributed by atoms with Crippen LogP contribution in [-0.2, 0) is 24.2 Å². The van der Waals surface area contributed by atoms with Crippen molar-refractivity contribution >= 4 is 11.6 Å². The van der Waals surface area contributed by atoms with Crippen LogP contribution in [0.3, 0.4) is 0 Å². The second-order valence-electron chi connectivity index (χ2n) is 7.40. The Morgan fingerprint density at radius 3 is 3.00 bits per heavy atom. The lowest BCUT2D eigenvalue weighted by atomic mass is 9.96. The number of pyridine rings is 1. The zero-order chi connectivity index (χ0) is 18.6. The van der Waals surface area contributed by atoms with Gasteiger partial charge in [0.2, 0.25) is 11.6 Å². The zero-order valence-corrected chi connectivity index (χ0v) is 15.7. The maximum absolute atomic E-state index is 9.81. The average Bonchev–Trinajstić information content (AvgIpc) is 3.38. The number of furan rings is 1. The van der Waals surface area contributed by atoms with Crippen molar-refractivity contribution in [3.05, 3.63) is 40.8 Å². The zero-order valence-electron chi connectivity index (χ0n) is 15.7. The summed E-state index contributed by atoms with van der Waals surface area (Å²) in [5.74, 6) is 2.59. The summed E-state index contributed by atoms with van der Waals surface area (Å²) in [5.41, 5.74) is 3.09.